The number of fused-ring (bicyclic) bond motifs is 1. The van der Waals surface area contributed by atoms with Crippen LogP contribution in [0.1, 0.15) is 10.9 Å². The SMILES string of the molecule is COc1cc2c(cc1F)NCC(c1cccs1)N2. The lowest BCUT2D eigenvalue weighted by Crippen LogP contribution is -2.25. The predicted octanol–water partition coefficient (Wildman–Crippen LogP) is 3.47. The smallest absolute Gasteiger partial charge is 0.167 e. The molecule has 2 heterocycles. The Morgan fingerprint density at radius 1 is 1.39 bits per heavy atom. The van der Waals surface area contributed by atoms with Crippen LogP contribution in [0.2, 0.25) is 0 Å². The fourth-order valence-corrected chi connectivity index (χ4v) is 2.87. The Morgan fingerprint density at radius 3 is 3.00 bits per heavy atom. The van der Waals surface area contributed by atoms with Crippen LogP contribution in [0.3, 0.4) is 0 Å². The molecule has 1 aromatic carbocycles. The van der Waals surface area contributed by atoms with E-state index in [0.717, 1.165) is 17.9 Å². The normalized spacial score (nSPS) is 17.6. The molecule has 94 valence electrons. The fourth-order valence-electron chi connectivity index (χ4n) is 2.09. The summed E-state index contributed by atoms with van der Waals surface area (Å²) in [4.78, 5) is 1.26. The minimum Gasteiger partial charge on any atom is -0.494 e. The van der Waals surface area contributed by atoms with Crippen LogP contribution in [-0.4, -0.2) is 13.7 Å². The minimum atomic E-state index is -0.347. The molecule has 18 heavy (non-hydrogen) atoms. The zero-order chi connectivity index (χ0) is 12.5. The first-order valence-corrected chi connectivity index (χ1v) is 6.57. The van der Waals surface area contributed by atoms with Crippen LogP contribution < -0.4 is 15.4 Å². The van der Waals surface area contributed by atoms with Crippen molar-refractivity contribution < 1.29 is 9.13 Å². The standard InChI is InChI=1S/C13H13FN2OS/c1-17-12-6-10-9(5-8(12)14)15-7-11(16-10)13-3-2-4-18-13/h2-6,11,15-16H,7H2,1H3. The summed E-state index contributed by atoms with van der Waals surface area (Å²) in [5, 5.41) is 8.70. The highest BCUT2D eigenvalue weighted by Crippen LogP contribution is 2.36. The molecule has 0 spiro atoms. The lowest BCUT2D eigenvalue weighted by Gasteiger charge is -2.28. The first kappa shape index (κ1) is 11.3. The van der Waals surface area contributed by atoms with Crippen LogP contribution in [0.5, 0.6) is 5.75 Å². The minimum absolute atomic E-state index is 0.215. The average Bonchev–Trinajstić information content (AvgIpc) is 2.91. The predicted molar refractivity (Wildman–Crippen MR) is 72.1 cm³/mol. The van der Waals surface area contributed by atoms with E-state index in [2.05, 4.69) is 22.1 Å². The second-order valence-electron chi connectivity index (χ2n) is 4.13. The van der Waals surface area contributed by atoms with Crippen LogP contribution in [0, 0.1) is 5.82 Å². The van der Waals surface area contributed by atoms with Gasteiger partial charge >= 0.3 is 0 Å². The zero-order valence-corrected chi connectivity index (χ0v) is 10.7. The van der Waals surface area contributed by atoms with Crippen LogP contribution in [0.25, 0.3) is 0 Å². The molecule has 0 bridgehead atoms. The van der Waals surface area contributed by atoms with E-state index in [4.69, 9.17) is 4.74 Å². The van der Waals surface area contributed by atoms with Crippen molar-refractivity contribution in [3.8, 4) is 5.75 Å². The third-order valence-corrected chi connectivity index (χ3v) is 3.99. The molecule has 0 aliphatic carbocycles. The van der Waals surface area contributed by atoms with Crippen molar-refractivity contribution in [2.24, 2.45) is 0 Å². The van der Waals surface area contributed by atoms with Crippen molar-refractivity contribution in [3.63, 3.8) is 0 Å². The van der Waals surface area contributed by atoms with Gasteiger partial charge in [-0.05, 0) is 11.4 Å². The Morgan fingerprint density at radius 2 is 2.28 bits per heavy atom. The average molecular weight is 264 g/mol. The molecule has 0 saturated heterocycles. The number of benzene rings is 1. The van der Waals surface area contributed by atoms with E-state index in [9.17, 15) is 4.39 Å². The van der Waals surface area contributed by atoms with Gasteiger partial charge in [-0.2, -0.15) is 0 Å². The van der Waals surface area contributed by atoms with Gasteiger partial charge in [0.05, 0.1) is 24.5 Å². The van der Waals surface area contributed by atoms with E-state index in [1.54, 1.807) is 17.4 Å². The summed E-state index contributed by atoms with van der Waals surface area (Å²) in [5.41, 5.74) is 1.65. The Bertz CT molecular complexity index is 556. The molecule has 3 nitrogen and oxygen atoms in total. The third kappa shape index (κ3) is 1.90. The van der Waals surface area contributed by atoms with E-state index < -0.39 is 0 Å². The van der Waals surface area contributed by atoms with Crippen molar-refractivity contribution in [2.75, 3.05) is 24.3 Å². The van der Waals surface area contributed by atoms with Gasteiger partial charge in [-0.25, -0.2) is 4.39 Å². The Balaban J connectivity index is 1.92. The first-order valence-electron chi connectivity index (χ1n) is 5.69. The van der Waals surface area contributed by atoms with Crippen molar-refractivity contribution in [1.29, 1.82) is 0 Å². The van der Waals surface area contributed by atoms with Gasteiger partial charge in [-0.1, -0.05) is 6.07 Å². The van der Waals surface area contributed by atoms with Gasteiger partial charge in [0.15, 0.2) is 11.6 Å². The maximum atomic E-state index is 13.6. The van der Waals surface area contributed by atoms with Crippen LogP contribution in [0.15, 0.2) is 29.6 Å². The summed E-state index contributed by atoms with van der Waals surface area (Å²) >= 11 is 1.71. The number of rotatable bonds is 2. The van der Waals surface area contributed by atoms with Crippen molar-refractivity contribution in [2.45, 2.75) is 6.04 Å². The number of ether oxygens (including phenoxy) is 1. The molecule has 2 aromatic rings. The third-order valence-electron chi connectivity index (χ3n) is 3.00. The van der Waals surface area contributed by atoms with Gasteiger partial charge < -0.3 is 15.4 Å². The lowest BCUT2D eigenvalue weighted by atomic mass is 10.1. The highest BCUT2D eigenvalue weighted by Gasteiger charge is 2.21. The Hall–Kier alpha value is -1.75. The maximum Gasteiger partial charge on any atom is 0.167 e. The van der Waals surface area contributed by atoms with Gasteiger partial charge in [0.1, 0.15) is 0 Å². The molecule has 1 aliphatic rings. The van der Waals surface area contributed by atoms with Gasteiger partial charge in [0.2, 0.25) is 0 Å². The summed E-state index contributed by atoms with van der Waals surface area (Å²) in [6.07, 6.45) is 0. The number of nitrogens with one attached hydrogen (secondary N) is 2. The van der Waals surface area contributed by atoms with Crippen LogP contribution >= 0.6 is 11.3 Å². The molecule has 0 amide bonds. The fraction of sp³-hybridized carbons (Fsp3) is 0.231. The molecular formula is C13H13FN2OS. The molecule has 1 unspecified atom stereocenters. The van der Waals surface area contributed by atoms with E-state index in [-0.39, 0.29) is 17.6 Å². The molecule has 1 aromatic heterocycles. The second-order valence-corrected chi connectivity index (χ2v) is 5.10. The zero-order valence-electron chi connectivity index (χ0n) is 9.87. The van der Waals surface area contributed by atoms with Gasteiger partial charge in [-0.15, -0.1) is 11.3 Å². The monoisotopic (exact) mass is 264 g/mol. The highest BCUT2D eigenvalue weighted by atomic mass is 32.1. The van der Waals surface area contributed by atoms with Crippen molar-refractivity contribution in [1.82, 2.24) is 0 Å². The molecular weight excluding hydrogens is 251 g/mol. The Kier molecular flexibility index (Phi) is 2.83. The number of thiophene rings is 1. The van der Waals surface area contributed by atoms with Crippen molar-refractivity contribution in [3.05, 3.63) is 40.3 Å². The van der Waals surface area contributed by atoms with E-state index in [0.29, 0.717) is 0 Å². The summed E-state index contributed by atoms with van der Waals surface area (Å²) in [5.74, 6) is -0.0880. The summed E-state index contributed by atoms with van der Waals surface area (Å²) < 4.78 is 18.6. The lowest BCUT2D eigenvalue weighted by molar-refractivity contribution is 0.387. The summed E-state index contributed by atoms with van der Waals surface area (Å²) in [6.45, 7) is 0.749. The molecule has 3 rings (SSSR count). The molecule has 0 fully saturated rings. The summed E-state index contributed by atoms with van der Waals surface area (Å²) in [6, 6.07) is 7.49. The van der Waals surface area contributed by atoms with Crippen LogP contribution in [-0.2, 0) is 0 Å². The number of anilines is 2. The number of hydrogen-bond donors (Lipinski definition) is 2. The maximum absolute atomic E-state index is 13.6. The van der Waals surface area contributed by atoms with E-state index in [1.807, 2.05) is 6.07 Å². The van der Waals surface area contributed by atoms with Gasteiger partial charge in [0, 0.05) is 23.6 Å². The quantitative estimate of drug-likeness (QED) is 0.871. The summed E-state index contributed by atoms with van der Waals surface area (Å²) in [7, 11) is 1.47. The van der Waals surface area contributed by atoms with Crippen LogP contribution in [0.4, 0.5) is 15.8 Å². The highest BCUT2D eigenvalue weighted by molar-refractivity contribution is 7.10. The molecule has 5 heteroatoms. The largest absolute Gasteiger partial charge is 0.494 e. The molecule has 0 radical (unpaired) electrons. The first-order chi connectivity index (χ1) is 8.78. The van der Waals surface area contributed by atoms with E-state index in [1.165, 1.54) is 18.1 Å². The topological polar surface area (TPSA) is 33.3 Å². The second kappa shape index (κ2) is 4.49. The van der Waals surface area contributed by atoms with Crippen molar-refractivity contribution >= 4 is 22.7 Å². The van der Waals surface area contributed by atoms with Gasteiger partial charge in [0.25, 0.3) is 0 Å². The van der Waals surface area contributed by atoms with Gasteiger partial charge in [-0.3, -0.25) is 0 Å². The molecule has 1 atom stereocenters. The van der Waals surface area contributed by atoms with E-state index >= 15 is 0 Å². The molecule has 0 saturated carbocycles. The number of hydrogen-bond acceptors (Lipinski definition) is 4. The molecule has 2 N–H and O–H groups in total. The molecule has 1 aliphatic heterocycles. The number of methoxy groups -OCH3 is 1. The Labute approximate surface area is 109 Å². The number of halogens is 1.